The van der Waals surface area contributed by atoms with Gasteiger partial charge >= 0.3 is 0 Å². The second kappa shape index (κ2) is 8.02. The molecule has 5 heteroatoms. The maximum Gasteiger partial charge on any atom is 0.251 e. The Morgan fingerprint density at radius 2 is 1.89 bits per heavy atom. The van der Waals surface area contributed by atoms with Gasteiger partial charge in [-0.3, -0.25) is 9.78 Å². The van der Waals surface area contributed by atoms with Crippen LogP contribution in [0.25, 0.3) is 11.1 Å². The van der Waals surface area contributed by atoms with Gasteiger partial charge in [0.05, 0.1) is 0 Å². The maximum absolute atomic E-state index is 12.7. The van der Waals surface area contributed by atoms with E-state index in [0.717, 1.165) is 56.1 Å². The SMILES string of the molecule is Cc1ccc(-c2cccc(C(=O)NCC3(CN4CCN(C)CC4)CC3)c2)cn1. The van der Waals surface area contributed by atoms with Gasteiger partial charge in [-0.2, -0.15) is 0 Å². The van der Waals surface area contributed by atoms with Crippen molar-refractivity contribution in [1.29, 1.82) is 0 Å². The van der Waals surface area contributed by atoms with Crippen LogP contribution in [0.5, 0.6) is 0 Å². The predicted octanol–water partition coefficient (Wildman–Crippen LogP) is 2.81. The molecule has 2 heterocycles. The molecule has 1 aliphatic carbocycles. The minimum absolute atomic E-state index is 0.0200. The molecule has 1 aromatic heterocycles. The predicted molar refractivity (Wildman–Crippen MR) is 112 cm³/mol. The largest absolute Gasteiger partial charge is 0.351 e. The van der Waals surface area contributed by atoms with Crippen LogP contribution in [-0.2, 0) is 0 Å². The Bertz CT molecular complexity index is 821. The molecular weight excluding hydrogens is 348 g/mol. The van der Waals surface area contributed by atoms with Crippen LogP contribution >= 0.6 is 0 Å². The third kappa shape index (κ3) is 4.59. The molecule has 4 rings (SSSR count). The van der Waals surface area contributed by atoms with Crippen LogP contribution in [0.3, 0.4) is 0 Å². The molecule has 1 N–H and O–H groups in total. The van der Waals surface area contributed by atoms with Gasteiger partial charge in [-0.15, -0.1) is 0 Å². The molecule has 5 nitrogen and oxygen atoms in total. The molecule has 2 fully saturated rings. The summed E-state index contributed by atoms with van der Waals surface area (Å²) in [7, 11) is 2.19. The second-order valence-corrected chi connectivity index (χ2v) is 8.53. The summed E-state index contributed by atoms with van der Waals surface area (Å²) in [5.74, 6) is 0.0200. The maximum atomic E-state index is 12.7. The third-order valence-electron chi connectivity index (χ3n) is 6.11. The lowest BCUT2D eigenvalue weighted by atomic mass is 10.0. The van der Waals surface area contributed by atoms with Gasteiger partial charge in [0.25, 0.3) is 5.91 Å². The summed E-state index contributed by atoms with van der Waals surface area (Å²) in [5.41, 5.74) is 4.05. The van der Waals surface area contributed by atoms with Gasteiger partial charge in [-0.1, -0.05) is 18.2 Å². The molecular formula is C23H30N4O. The standard InChI is InChI=1S/C23H30N4O/c1-18-6-7-21(15-24-18)19-4-3-5-20(14-19)22(28)25-16-23(8-9-23)17-27-12-10-26(2)11-13-27/h3-7,14-15H,8-13,16-17H2,1-2H3,(H,25,28). The molecule has 1 aliphatic heterocycles. The number of carbonyl (C=O) groups is 1. The number of aromatic nitrogens is 1. The van der Waals surface area contributed by atoms with Crippen molar-refractivity contribution in [2.24, 2.45) is 5.41 Å². The molecule has 0 bridgehead atoms. The molecule has 0 atom stereocenters. The number of rotatable bonds is 6. The van der Waals surface area contributed by atoms with E-state index in [9.17, 15) is 4.79 Å². The lowest BCUT2D eigenvalue weighted by molar-refractivity contribution is 0.0927. The fraction of sp³-hybridized carbons (Fsp3) is 0.478. The fourth-order valence-electron chi connectivity index (χ4n) is 3.90. The Balaban J connectivity index is 1.35. The van der Waals surface area contributed by atoms with Gasteiger partial charge in [0.1, 0.15) is 0 Å². The summed E-state index contributed by atoms with van der Waals surface area (Å²) in [5, 5.41) is 3.20. The van der Waals surface area contributed by atoms with E-state index >= 15 is 0 Å². The lowest BCUT2D eigenvalue weighted by Crippen LogP contribution is -2.47. The highest BCUT2D eigenvalue weighted by atomic mass is 16.1. The summed E-state index contributed by atoms with van der Waals surface area (Å²) in [6.07, 6.45) is 4.30. The van der Waals surface area contributed by atoms with Crippen molar-refractivity contribution in [2.45, 2.75) is 19.8 Å². The van der Waals surface area contributed by atoms with Crippen LogP contribution in [0.4, 0.5) is 0 Å². The lowest BCUT2D eigenvalue weighted by Gasteiger charge is -2.34. The molecule has 2 aromatic rings. The molecule has 1 aromatic carbocycles. The number of benzene rings is 1. The summed E-state index contributed by atoms with van der Waals surface area (Å²) < 4.78 is 0. The van der Waals surface area contributed by atoms with Crippen LogP contribution in [0.2, 0.25) is 0 Å². The number of amides is 1. The molecule has 1 amide bonds. The number of nitrogens with zero attached hydrogens (tertiary/aromatic N) is 3. The normalized spacial score (nSPS) is 19.4. The van der Waals surface area contributed by atoms with Crippen molar-refractivity contribution >= 4 is 5.91 Å². The number of carbonyl (C=O) groups excluding carboxylic acids is 1. The summed E-state index contributed by atoms with van der Waals surface area (Å²) in [6, 6.07) is 11.9. The van der Waals surface area contributed by atoms with Crippen molar-refractivity contribution in [1.82, 2.24) is 20.1 Å². The number of aryl methyl sites for hydroxylation is 1. The minimum atomic E-state index is 0.0200. The van der Waals surface area contributed by atoms with E-state index in [1.165, 1.54) is 12.8 Å². The van der Waals surface area contributed by atoms with E-state index in [-0.39, 0.29) is 11.3 Å². The van der Waals surface area contributed by atoms with E-state index in [4.69, 9.17) is 0 Å². The first-order valence-corrected chi connectivity index (χ1v) is 10.3. The summed E-state index contributed by atoms with van der Waals surface area (Å²) >= 11 is 0. The Hall–Kier alpha value is -2.24. The van der Waals surface area contributed by atoms with E-state index in [1.54, 1.807) is 0 Å². The first kappa shape index (κ1) is 19.1. The first-order chi connectivity index (χ1) is 13.5. The average Bonchev–Trinajstić information content (AvgIpc) is 3.48. The fourth-order valence-corrected chi connectivity index (χ4v) is 3.90. The van der Waals surface area contributed by atoms with Crippen molar-refractivity contribution < 1.29 is 4.79 Å². The third-order valence-corrected chi connectivity index (χ3v) is 6.11. The smallest absolute Gasteiger partial charge is 0.251 e. The number of hydrogen-bond donors (Lipinski definition) is 1. The number of hydrogen-bond acceptors (Lipinski definition) is 4. The van der Waals surface area contributed by atoms with Gasteiger partial charge in [-0.05, 0) is 50.6 Å². The van der Waals surface area contributed by atoms with Crippen molar-refractivity contribution in [3.8, 4) is 11.1 Å². The highest BCUT2D eigenvalue weighted by molar-refractivity contribution is 5.95. The Morgan fingerprint density at radius 3 is 2.57 bits per heavy atom. The van der Waals surface area contributed by atoms with Crippen molar-refractivity contribution in [3.63, 3.8) is 0 Å². The zero-order valence-electron chi connectivity index (χ0n) is 16.9. The van der Waals surface area contributed by atoms with Crippen LogP contribution in [0, 0.1) is 12.3 Å². The van der Waals surface area contributed by atoms with Gasteiger partial charge in [-0.25, -0.2) is 0 Å². The van der Waals surface area contributed by atoms with Gasteiger partial charge in [0.15, 0.2) is 0 Å². The number of piperazine rings is 1. The van der Waals surface area contributed by atoms with E-state index < -0.39 is 0 Å². The number of nitrogens with one attached hydrogen (secondary N) is 1. The second-order valence-electron chi connectivity index (χ2n) is 8.53. The van der Waals surface area contributed by atoms with Gasteiger partial charge < -0.3 is 15.1 Å². The molecule has 0 spiro atoms. The zero-order chi connectivity index (χ0) is 19.6. The van der Waals surface area contributed by atoms with E-state index in [0.29, 0.717) is 5.56 Å². The molecule has 148 valence electrons. The average molecular weight is 379 g/mol. The zero-order valence-corrected chi connectivity index (χ0v) is 16.9. The molecule has 1 saturated heterocycles. The van der Waals surface area contributed by atoms with E-state index in [2.05, 4.69) is 33.2 Å². The van der Waals surface area contributed by atoms with Crippen LogP contribution in [-0.4, -0.2) is 67.0 Å². The van der Waals surface area contributed by atoms with E-state index in [1.807, 2.05) is 43.5 Å². The van der Waals surface area contributed by atoms with Gasteiger partial charge in [0, 0.05) is 67.7 Å². The van der Waals surface area contributed by atoms with Gasteiger partial charge in [0.2, 0.25) is 0 Å². The minimum Gasteiger partial charge on any atom is -0.351 e. The number of pyridine rings is 1. The monoisotopic (exact) mass is 378 g/mol. The molecule has 1 saturated carbocycles. The molecule has 0 radical (unpaired) electrons. The van der Waals surface area contributed by atoms with Crippen LogP contribution in [0.15, 0.2) is 42.6 Å². The molecule has 2 aliphatic rings. The Morgan fingerprint density at radius 1 is 1.11 bits per heavy atom. The van der Waals surface area contributed by atoms with Crippen molar-refractivity contribution in [2.75, 3.05) is 46.3 Å². The molecule has 0 unspecified atom stereocenters. The first-order valence-electron chi connectivity index (χ1n) is 10.3. The highest BCUT2D eigenvalue weighted by Gasteiger charge is 2.44. The van der Waals surface area contributed by atoms with Crippen LogP contribution < -0.4 is 5.32 Å². The molecule has 28 heavy (non-hydrogen) atoms. The Labute approximate surface area is 167 Å². The number of likely N-dealkylation sites (N-methyl/N-ethyl adjacent to an activating group) is 1. The Kier molecular flexibility index (Phi) is 5.47. The van der Waals surface area contributed by atoms with Crippen molar-refractivity contribution in [3.05, 3.63) is 53.9 Å². The quantitative estimate of drug-likeness (QED) is 0.840. The highest BCUT2D eigenvalue weighted by Crippen LogP contribution is 2.45. The summed E-state index contributed by atoms with van der Waals surface area (Å²) in [6.45, 7) is 8.41. The topological polar surface area (TPSA) is 48.5 Å². The summed E-state index contributed by atoms with van der Waals surface area (Å²) in [4.78, 5) is 22.0. The van der Waals surface area contributed by atoms with Crippen LogP contribution in [0.1, 0.15) is 28.9 Å².